The molecule has 1 heterocycles. The quantitative estimate of drug-likeness (QED) is 0.651. The molecule has 2 amide bonds. The minimum Gasteiger partial charge on any atom is -0.492 e. The van der Waals surface area contributed by atoms with E-state index < -0.39 is 16.1 Å². The van der Waals surface area contributed by atoms with E-state index in [1.54, 1.807) is 18.2 Å². The summed E-state index contributed by atoms with van der Waals surface area (Å²) in [6.45, 7) is 6.58. The molecule has 0 aromatic heterocycles. The molecule has 0 saturated carbocycles. The maximum Gasteiger partial charge on any atom is 0.319 e. The van der Waals surface area contributed by atoms with Gasteiger partial charge in [0.2, 0.25) is 10.0 Å². The van der Waals surface area contributed by atoms with E-state index in [-0.39, 0.29) is 12.3 Å². The first-order chi connectivity index (χ1) is 14.9. The van der Waals surface area contributed by atoms with Gasteiger partial charge in [-0.3, -0.25) is 0 Å². The van der Waals surface area contributed by atoms with E-state index in [9.17, 15) is 13.2 Å². The highest BCUT2D eigenvalue weighted by atomic mass is 32.2. The Labute approximate surface area is 184 Å². The summed E-state index contributed by atoms with van der Waals surface area (Å²) < 4.78 is 32.3. The maximum atomic E-state index is 12.7. The minimum atomic E-state index is -3.44. The highest BCUT2D eigenvalue weighted by molar-refractivity contribution is 7.89. The number of piperazine rings is 1. The van der Waals surface area contributed by atoms with Crippen LogP contribution in [0.25, 0.3) is 0 Å². The molecule has 0 atom stereocenters. The van der Waals surface area contributed by atoms with Crippen molar-refractivity contribution in [2.24, 2.45) is 0 Å². The molecule has 0 radical (unpaired) electrons. The first-order valence-electron chi connectivity index (χ1n) is 10.4. The Balaban J connectivity index is 1.46. The summed E-state index contributed by atoms with van der Waals surface area (Å²) in [4.78, 5) is 14.4. The minimum absolute atomic E-state index is 0.0308. The SMILES string of the molecule is CCOc1ccccc1NC(=O)NCCS(=O)(=O)N1CCN(c2cccc(C)c2)CC1. The number of amides is 2. The van der Waals surface area contributed by atoms with Crippen molar-refractivity contribution in [3.05, 3.63) is 54.1 Å². The Hall–Kier alpha value is -2.78. The second-order valence-electron chi connectivity index (χ2n) is 7.35. The summed E-state index contributed by atoms with van der Waals surface area (Å²) in [7, 11) is -3.44. The molecule has 8 nitrogen and oxygen atoms in total. The number of rotatable bonds is 8. The molecule has 31 heavy (non-hydrogen) atoms. The molecule has 3 rings (SSSR count). The molecule has 1 aliphatic heterocycles. The topological polar surface area (TPSA) is 91.0 Å². The monoisotopic (exact) mass is 446 g/mol. The number of para-hydroxylation sites is 2. The van der Waals surface area contributed by atoms with Crippen molar-refractivity contribution in [1.29, 1.82) is 0 Å². The van der Waals surface area contributed by atoms with Crippen LogP contribution in [-0.2, 0) is 10.0 Å². The number of sulfonamides is 1. The number of anilines is 2. The van der Waals surface area contributed by atoms with Crippen molar-refractivity contribution in [2.45, 2.75) is 13.8 Å². The standard InChI is InChI=1S/C22H30N4O4S/c1-3-30-21-10-5-4-9-20(21)24-22(27)23-11-16-31(28,29)26-14-12-25(13-15-26)19-8-6-7-18(2)17-19/h4-10,17H,3,11-16H2,1-2H3,(H2,23,24,27). The Morgan fingerprint density at radius 2 is 1.81 bits per heavy atom. The molecule has 2 aromatic rings. The Bertz CT molecular complexity index is 989. The van der Waals surface area contributed by atoms with E-state index in [4.69, 9.17) is 4.74 Å². The Kier molecular flexibility index (Phi) is 7.75. The fraction of sp³-hybridized carbons (Fsp3) is 0.409. The highest BCUT2D eigenvalue weighted by Crippen LogP contribution is 2.23. The molecule has 2 N–H and O–H groups in total. The number of nitrogens with one attached hydrogen (secondary N) is 2. The average molecular weight is 447 g/mol. The van der Waals surface area contributed by atoms with Gasteiger partial charge in [0.1, 0.15) is 5.75 Å². The van der Waals surface area contributed by atoms with Crippen molar-refractivity contribution < 1.29 is 17.9 Å². The van der Waals surface area contributed by atoms with Gasteiger partial charge in [-0.2, -0.15) is 4.31 Å². The molecule has 2 aromatic carbocycles. The van der Waals surface area contributed by atoms with Crippen molar-refractivity contribution in [1.82, 2.24) is 9.62 Å². The van der Waals surface area contributed by atoms with E-state index in [0.717, 1.165) is 5.69 Å². The number of hydrogen-bond donors (Lipinski definition) is 2. The van der Waals surface area contributed by atoms with Gasteiger partial charge in [0, 0.05) is 38.4 Å². The van der Waals surface area contributed by atoms with E-state index >= 15 is 0 Å². The van der Waals surface area contributed by atoms with E-state index in [0.29, 0.717) is 44.2 Å². The third kappa shape index (κ3) is 6.35. The summed E-state index contributed by atoms with van der Waals surface area (Å²) >= 11 is 0. The molecule has 1 aliphatic rings. The second kappa shape index (κ2) is 10.5. The molecular weight excluding hydrogens is 416 g/mol. The number of nitrogens with zero attached hydrogens (tertiary/aromatic N) is 2. The summed E-state index contributed by atoms with van der Waals surface area (Å²) in [6.07, 6.45) is 0. The van der Waals surface area contributed by atoms with Crippen LogP contribution in [0.4, 0.5) is 16.2 Å². The lowest BCUT2D eigenvalue weighted by molar-refractivity contribution is 0.252. The molecule has 1 saturated heterocycles. The van der Waals surface area contributed by atoms with E-state index in [1.807, 2.05) is 38.1 Å². The van der Waals surface area contributed by atoms with Gasteiger partial charge in [0.15, 0.2) is 0 Å². The molecule has 1 fully saturated rings. The predicted molar refractivity (Wildman–Crippen MR) is 123 cm³/mol. The van der Waals surface area contributed by atoms with E-state index in [1.165, 1.54) is 9.87 Å². The van der Waals surface area contributed by atoms with Crippen LogP contribution in [0.15, 0.2) is 48.5 Å². The normalized spacial score (nSPS) is 14.8. The Morgan fingerprint density at radius 1 is 1.06 bits per heavy atom. The zero-order valence-corrected chi connectivity index (χ0v) is 18.8. The number of benzene rings is 2. The van der Waals surface area contributed by atoms with Crippen molar-refractivity contribution in [3.63, 3.8) is 0 Å². The van der Waals surface area contributed by atoms with Gasteiger partial charge in [0.05, 0.1) is 18.0 Å². The summed E-state index contributed by atoms with van der Waals surface area (Å²) in [5.74, 6) is 0.428. The number of hydrogen-bond acceptors (Lipinski definition) is 5. The molecular formula is C22H30N4O4S. The lowest BCUT2D eigenvalue weighted by atomic mass is 10.2. The molecule has 9 heteroatoms. The molecule has 0 unspecified atom stereocenters. The summed E-state index contributed by atoms with van der Waals surface area (Å²) in [5.41, 5.74) is 2.83. The van der Waals surface area contributed by atoms with Crippen molar-refractivity contribution in [2.75, 3.05) is 55.3 Å². The molecule has 0 aliphatic carbocycles. The van der Waals surface area contributed by atoms with Crippen LogP contribution in [0.3, 0.4) is 0 Å². The zero-order valence-electron chi connectivity index (χ0n) is 18.0. The predicted octanol–water partition coefficient (Wildman–Crippen LogP) is 2.67. The van der Waals surface area contributed by atoms with Gasteiger partial charge >= 0.3 is 6.03 Å². The van der Waals surface area contributed by atoms with Crippen LogP contribution in [0.5, 0.6) is 5.75 Å². The fourth-order valence-corrected chi connectivity index (χ4v) is 4.83. The van der Waals surface area contributed by atoms with Crippen molar-refractivity contribution in [3.8, 4) is 5.75 Å². The van der Waals surface area contributed by atoms with Crippen LogP contribution in [0.2, 0.25) is 0 Å². The Morgan fingerprint density at radius 3 is 2.52 bits per heavy atom. The van der Waals surface area contributed by atoms with Crippen LogP contribution < -0.4 is 20.3 Å². The zero-order chi connectivity index (χ0) is 22.3. The van der Waals surface area contributed by atoms with Gasteiger partial charge in [-0.05, 0) is 43.7 Å². The summed E-state index contributed by atoms with van der Waals surface area (Å²) in [5, 5.41) is 5.31. The lowest BCUT2D eigenvalue weighted by Gasteiger charge is -2.35. The van der Waals surface area contributed by atoms with Crippen LogP contribution in [0.1, 0.15) is 12.5 Å². The van der Waals surface area contributed by atoms with Gasteiger partial charge < -0.3 is 20.3 Å². The number of urea groups is 1. The number of carbonyl (C=O) groups is 1. The number of carbonyl (C=O) groups excluding carboxylic acids is 1. The molecule has 0 bridgehead atoms. The van der Waals surface area contributed by atoms with Gasteiger partial charge in [0.25, 0.3) is 0 Å². The van der Waals surface area contributed by atoms with Crippen LogP contribution in [-0.4, -0.2) is 63.8 Å². The first-order valence-corrected chi connectivity index (χ1v) is 12.1. The molecule has 0 spiro atoms. The largest absolute Gasteiger partial charge is 0.492 e. The van der Waals surface area contributed by atoms with Gasteiger partial charge in [-0.15, -0.1) is 0 Å². The lowest BCUT2D eigenvalue weighted by Crippen LogP contribution is -2.50. The fourth-order valence-electron chi connectivity index (χ4n) is 3.49. The van der Waals surface area contributed by atoms with Crippen molar-refractivity contribution >= 4 is 27.4 Å². The first kappa shape index (κ1) is 22.9. The van der Waals surface area contributed by atoms with Gasteiger partial charge in [-0.25, -0.2) is 13.2 Å². The van der Waals surface area contributed by atoms with E-state index in [2.05, 4.69) is 21.6 Å². The van der Waals surface area contributed by atoms with Crippen LogP contribution >= 0.6 is 0 Å². The van der Waals surface area contributed by atoms with Gasteiger partial charge in [-0.1, -0.05) is 24.3 Å². The summed E-state index contributed by atoms with van der Waals surface area (Å²) in [6, 6.07) is 14.8. The highest BCUT2D eigenvalue weighted by Gasteiger charge is 2.27. The third-order valence-electron chi connectivity index (χ3n) is 5.08. The average Bonchev–Trinajstić information content (AvgIpc) is 2.75. The number of aryl methyl sites for hydroxylation is 1. The molecule has 168 valence electrons. The third-order valence-corrected chi connectivity index (χ3v) is 6.95. The second-order valence-corrected chi connectivity index (χ2v) is 9.44. The maximum absolute atomic E-state index is 12.7. The van der Waals surface area contributed by atoms with Crippen LogP contribution in [0, 0.1) is 6.92 Å². The smallest absolute Gasteiger partial charge is 0.319 e. The number of ether oxygens (including phenoxy) is 1.